The summed E-state index contributed by atoms with van der Waals surface area (Å²) in [6.45, 7) is 2.27. The van der Waals surface area contributed by atoms with Gasteiger partial charge in [0.05, 0.1) is 19.0 Å². The summed E-state index contributed by atoms with van der Waals surface area (Å²) in [7, 11) is 1.28. The lowest BCUT2D eigenvalue weighted by atomic mass is 10.1. The number of benzene rings is 1. The maximum atomic E-state index is 11.2. The Morgan fingerprint density at radius 3 is 2.52 bits per heavy atom. The molecule has 1 aromatic carbocycles. The Kier molecular flexibility index (Phi) is 4.01. The lowest BCUT2D eigenvalue weighted by Crippen LogP contribution is -2.17. The van der Waals surface area contributed by atoms with E-state index < -0.39 is 6.16 Å². The van der Waals surface area contributed by atoms with Gasteiger partial charge in [0.15, 0.2) is 5.75 Å². The van der Waals surface area contributed by atoms with E-state index in [9.17, 15) is 4.79 Å². The summed E-state index contributed by atoms with van der Waals surface area (Å²) in [6.07, 6.45) is 5.43. The Hall–Kier alpha value is -3.02. The molecule has 0 N–H and O–H groups in total. The molecular formula is C19H19N3O3. The van der Waals surface area contributed by atoms with Crippen molar-refractivity contribution in [3.8, 4) is 17.0 Å². The summed E-state index contributed by atoms with van der Waals surface area (Å²) in [5.41, 5.74) is 3.99. The van der Waals surface area contributed by atoms with Gasteiger partial charge in [0.2, 0.25) is 0 Å². The molecule has 25 heavy (non-hydrogen) atoms. The Morgan fingerprint density at radius 1 is 1.04 bits per heavy atom. The third kappa shape index (κ3) is 3.15. The van der Waals surface area contributed by atoms with Gasteiger partial charge in [-0.3, -0.25) is 0 Å². The van der Waals surface area contributed by atoms with Crippen LogP contribution in [0.15, 0.2) is 48.8 Å². The zero-order valence-corrected chi connectivity index (χ0v) is 14.0. The highest BCUT2D eigenvalue weighted by atomic mass is 16.7. The van der Waals surface area contributed by atoms with Crippen molar-refractivity contribution in [2.45, 2.75) is 12.8 Å². The second-order valence-electron chi connectivity index (χ2n) is 6.05. The van der Waals surface area contributed by atoms with Crippen molar-refractivity contribution in [2.75, 3.05) is 25.1 Å². The number of ether oxygens (including phenoxy) is 2. The number of fused-ring (bicyclic) bond motifs is 1. The summed E-state index contributed by atoms with van der Waals surface area (Å²) in [5.74, 6) is 0.410. The molecule has 0 aliphatic carbocycles. The molecule has 1 aliphatic heterocycles. The van der Waals surface area contributed by atoms with Crippen LogP contribution in [0.4, 0.5) is 10.5 Å². The lowest BCUT2D eigenvalue weighted by Gasteiger charge is -2.17. The number of carbonyl (C=O) groups excluding carboxylic acids is 1. The van der Waals surface area contributed by atoms with Crippen LogP contribution in [0.1, 0.15) is 12.8 Å². The Morgan fingerprint density at radius 2 is 1.80 bits per heavy atom. The second kappa shape index (κ2) is 6.47. The maximum absolute atomic E-state index is 11.2. The number of rotatable bonds is 3. The first-order valence-corrected chi connectivity index (χ1v) is 8.33. The highest BCUT2D eigenvalue weighted by Gasteiger charge is 2.13. The zero-order valence-electron chi connectivity index (χ0n) is 14.0. The third-order valence-corrected chi connectivity index (χ3v) is 4.43. The van der Waals surface area contributed by atoms with Crippen LogP contribution in [-0.4, -0.2) is 35.7 Å². The number of carbonyl (C=O) groups is 1. The Balaban J connectivity index is 1.59. The number of imidazole rings is 1. The normalized spacial score (nSPS) is 14.0. The van der Waals surface area contributed by atoms with Gasteiger partial charge in [0, 0.05) is 30.5 Å². The standard InChI is InChI=1S/C19H19N3O3/c1-24-19(23)25-16-8-9-18-20-17(13-22(18)12-16)14-4-6-15(7-5-14)21-10-2-3-11-21/h4-9,12-13H,2-3,10-11H2,1H3. The van der Waals surface area contributed by atoms with E-state index in [0.29, 0.717) is 5.75 Å². The van der Waals surface area contributed by atoms with Gasteiger partial charge in [-0.1, -0.05) is 12.1 Å². The number of anilines is 1. The van der Waals surface area contributed by atoms with Gasteiger partial charge in [0.25, 0.3) is 0 Å². The summed E-state index contributed by atoms with van der Waals surface area (Å²) >= 11 is 0. The second-order valence-corrected chi connectivity index (χ2v) is 6.05. The SMILES string of the molecule is COC(=O)Oc1ccc2nc(-c3ccc(N4CCCC4)cc3)cn2c1. The largest absolute Gasteiger partial charge is 0.513 e. The third-order valence-electron chi connectivity index (χ3n) is 4.43. The van der Waals surface area contributed by atoms with Gasteiger partial charge in [-0.15, -0.1) is 0 Å². The van der Waals surface area contributed by atoms with Gasteiger partial charge >= 0.3 is 6.16 Å². The van der Waals surface area contributed by atoms with Crippen molar-refractivity contribution in [1.82, 2.24) is 9.38 Å². The molecule has 0 amide bonds. The molecule has 0 spiro atoms. The van der Waals surface area contributed by atoms with E-state index in [2.05, 4.69) is 38.9 Å². The van der Waals surface area contributed by atoms with Crippen LogP contribution in [0.5, 0.6) is 5.75 Å². The number of aromatic nitrogens is 2. The highest BCUT2D eigenvalue weighted by Crippen LogP contribution is 2.26. The highest BCUT2D eigenvalue weighted by molar-refractivity contribution is 5.67. The van der Waals surface area contributed by atoms with Crippen LogP contribution in [0.3, 0.4) is 0 Å². The van der Waals surface area contributed by atoms with E-state index in [1.54, 1.807) is 18.3 Å². The van der Waals surface area contributed by atoms with Gasteiger partial charge < -0.3 is 18.8 Å². The topological polar surface area (TPSA) is 56.1 Å². The molecule has 3 heterocycles. The fourth-order valence-electron chi connectivity index (χ4n) is 3.13. The molecule has 0 saturated carbocycles. The number of hydrogen-bond acceptors (Lipinski definition) is 5. The van der Waals surface area contributed by atoms with Crippen LogP contribution in [-0.2, 0) is 4.74 Å². The van der Waals surface area contributed by atoms with Crippen molar-refractivity contribution in [3.63, 3.8) is 0 Å². The first kappa shape index (κ1) is 15.5. The molecule has 6 heteroatoms. The maximum Gasteiger partial charge on any atom is 0.513 e. The molecule has 1 aliphatic rings. The summed E-state index contributed by atoms with van der Waals surface area (Å²) in [4.78, 5) is 18.2. The molecule has 2 aromatic heterocycles. The minimum atomic E-state index is -0.739. The van der Waals surface area contributed by atoms with E-state index in [1.807, 2.05) is 10.6 Å². The van der Waals surface area contributed by atoms with E-state index >= 15 is 0 Å². The summed E-state index contributed by atoms with van der Waals surface area (Å²) in [5, 5.41) is 0. The lowest BCUT2D eigenvalue weighted by molar-refractivity contribution is 0.121. The molecule has 3 aromatic rings. The predicted molar refractivity (Wildman–Crippen MR) is 95.1 cm³/mol. The number of nitrogens with zero attached hydrogens (tertiary/aromatic N) is 3. The fraction of sp³-hybridized carbons (Fsp3) is 0.263. The molecule has 0 unspecified atom stereocenters. The Bertz CT molecular complexity index is 896. The van der Waals surface area contributed by atoms with Gasteiger partial charge in [-0.25, -0.2) is 9.78 Å². The van der Waals surface area contributed by atoms with Crippen molar-refractivity contribution < 1.29 is 14.3 Å². The van der Waals surface area contributed by atoms with Crippen molar-refractivity contribution >= 4 is 17.5 Å². The van der Waals surface area contributed by atoms with Gasteiger partial charge in [-0.05, 0) is 37.1 Å². The number of hydrogen-bond donors (Lipinski definition) is 0. The molecule has 1 saturated heterocycles. The zero-order chi connectivity index (χ0) is 17.2. The monoisotopic (exact) mass is 337 g/mol. The average molecular weight is 337 g/mol. The molecule has 0 bridgehead atoms. The Labute approximate surface area is 145 Å². The first-order valence-electron chi connectivity index (χ1n) is 8.33. The molecule has 1 fully saturated rings. The quantitative estimate of drug-likeness (QED) is 0.681. The van der Waals surface area contributed by atoms with Crippen LogP contribution in [0.2, 0.25) is 0 Å². The van der Waals surface area contributed by atoms with E-state index in [4.69, 9.17) is 4.74 Å². The minimum Gasteiger partial charge on any atom is -0.437 e. The van der Waals surface area contributed by atoms with Crippen LogP contribution in [0, 0.1) is 0 Å². The summed E-state index contributed by atoms with van der Waals surface area (Å²) < 4.78 is 11.4. The van der Waals surface area contributed by atoms with E-state index in [0.717, 1.165) is 30.0 Å². The van der Waals surface area contributed by atoms with Crippen LogP contribution < -0.4 is 9.64 Å². The van der Waals surface area contributed by atoms with Crippen molar-refractivity contribution in [1.29, 1.82) is 0 Å². The fourth-order valence-corrected chi connectivity index (χ4v) is 3.13. The van der Waals surface area contributed by atoms with Crippen molar-refractivity contribution in [3.05, 3.63) is 48.8 Å². The minimum absolute atomic E-state index is 0.410. The van der Waals surface area contributed by atoms with Crippen LogP contribution in [0.25, 0.3) is 16.9 Å². The molecular weight excluding hydrogens is 318 g/mol. The first-order chi connectivity index (χ1) is 12.2. The van der Waals surface area contributed by atoms with E-state index in [-0.39, 0.29) is 0 Å². The van der Waals surface area contributed by atoms with Gasteiger partial charge in [0.1, 0.15) is 5.65 Å². The van der Waals surface area contributed by atoms with E-state index in [1.165, 1.54) is 25.6 Å². The number of methoxy groups -OCH3 is 1. The molecule has 4 rings (SSSR count). The molecule has 128 valence electrons. The predicted octanol–water partition coefficient (Wildman–Crippen LogP) is 3.75. The van der Waals surface area contributed by atoms with Gasteiger partial charge in [-0.2, -0.15) is 0 Å². The average Bonchev–Trinajstić information content (AvgIpc) is 3.31. The smallest absolute Gasteiger partial charge is 0.437 e. The summed E-state index contributed by atoms with van der Waals surface area (Å²) in [6, 6.07) is 12.0. The van der Waals surface area contributed by atoms with Crippen LogP contribution >= 0.6 is 0 Å². The molecule has 0 radical (unpaired) electrons. The van der Waals surface area contributed by atoms with Crippen molar-refractivity contribution in [2.24, 2.45) is 0 Å². The molecule has 6 nitrogen and oxygen atoms in total. The molecule has 0 atom stereocenters. The number of pyridine rings is 1.